The molecule has 0 aliphatic carbocycles. The van der Waals surface area contributed by atoms with Crippen LogP contribution in [0.2, 0.25) is 10.0 Å². The highest BCUT2D eigenvalue weighted by Crippen LogP contribution is 2.33. The molecule has 11 heteroatoms. The van der Waals surface area contributed by atoms with Crippen LogP contribution in [0.4, 0.5) is 17.1 Å². The number of nitrogens with zero attached hydrogens (tertiary/aromatic N) is 1. The molecule has 0 unspecified atom stereocenters. The number of imide groups is 1. The van der Waals surface area contributed by atoms with Gasteiger partial charge in [-0.3, -0.25) is 14.4 Å². The molecular weight excluding hydrogens is 529 g/mol. The van der Waals surface area contributed by atoms with E-state index in [9.17, 15) is 14.4 Å². The van der Waals surface area contributed by atoms with E-state index in [2.05, 4.69) is 10.6 Å². The number of hydrogen-bond acceptors (Lipinski definition) is 6. The summed E-state index contributed by atoms with van der Waals surface area (Å²) in [5.41, 5.74) is 1.30. The Bertz CT molecular complexity index is 1390. The van der Waals surface area contributed by atoms with E-state index >= 15 is 0 Å². The number of carbonyl (C=O) groups is 3. The van der Waals surface area contributed by atoms with Gasteiger partial charge in [0.25, 0.3) is 17.7 Å². The molecule has 1 heterocycles. The minimum Gasteiger partial charge on any atom is -0.497 e. The lowest BCUT2D eigenvalue weighted by atomic mass is 10.1. The van der Waals surface area contributed by atoms with Gasteiger partial charge in [0.2, 0.25) is 0 Å². The van der Waals surface area contributed by atoms with Gasteiger partial charge in [0.1, 0.15) is 22.2 Å². The molecule has 3 aromatic carbocycles. The van der Waals surface area contributed by atoms with Gasteiger partial charge in [-0.05, 0) is 54.6 Å². The monoisotopic (exact) mass is 545 g/mol. The number of halogens is 3. The van der Waals surface area contributed by atoms with Crippen molar-refractivity contribution in [2.24, 2.45) is 0 Å². The van der Waals surface area contributed by atoms with Crippen molar-refractivity contribution in [1.29, 1.82) is 0 Å². The number of carbonyl (C=O) groups excluding carboxylic acids is 3. The van der Waals surface area contributed by atoms with Crippen LogP contribution in [0.5, 0.6) is 11.5 Å². The number of amides is 3. The highest BCUT2D eigenvalue weighted by Gasteiger charge is 2.39. The molecule has 0 aromatic heterocycles. The van der Waals surface area contributed by atoms with Crippen LogP contribution >= 0.6 is 34.8 Å². The van der Waals surface area contributed by atoms with Gasteiger partial charge in [-0.25, -0.2) is 4.90 Å². The van der Waals surface area contributed by atoms with Crippen LogP contribution in [-0.4, -0.2) is 31.9 Å². The highest BCUT2D eigenvalue weighted by atomic mass is 35.5. The van der Waals surface area contributed by atoms with E-state index in [1.54, 1.807) is 42.5 Å². The Kier molecular flexibility index (Phi) is 7.40. The summed E-state index contributed by atoms with van der Waals surface area (Å²) in [6, 6.07) is 15.6. The van der Waals surface area contributed by atoms with E-state index in [0.717, 1.165) is 4.90 Å². The molecule has 3 aromatic rings. The summed E-state index contributed by atoms with van der Waals surface area (Å²) in [6.45, 7) is 0. The van der Waals surface area contributed by atoms with E-state index < -0.39 is 11.8 Å². The van der Waals surface area contributed by atoms with E-state index in [1.165, 1.54) is 32.4 Å². The van der Waals surface area contributed by atoms with Crippen molar-refractivity contribution in [3.8, 4) is 11.5 Å². The molecule has 1 aliphatic heterocycles. The summed E-state index contributed by atoms with van der Waals surface area (Å²) in [6.07, 6.45) is 0. The second kappa shape index (κ2) is 10.5. The fourth-order valence-electron chi connectivity index (χ4n) is 3.47. The Labute approximate surface area is 221 Å². The van der Waals surface area contributed by atoms with Crippen LogP contribution in [-0.2, 0) is 9.59 Å². The summed E-state index contributed by atoms with van der Waals surface area (Å²) in [5.74, 6) is -0.748. The van der Waals surface area contributed by atoms with Gasteiger partial charge in [0, 0.05) is 27.4 Å². The first kappa shape index (κ1) is 25.4. The van der Waals surface area contributed by atoms with Crippen molar-refractivity contribution < 1.29 is 23.9 Å². The maximum Gasteiger partial charge on any atom is 0.283 e. The van der Waals surface area contributed by atoms with Gasteiger partial charge in [-0.1, -0.05) is 34.8 Å². The zero-order valence-corrected chi connectivity index (χ0v) is 21.2. The molecule has 0 bridgehead atoms. The molecule has 4 rings (SSSR count). The van der Waals surface area contributed by atoms with Gasteiger partial charge in [-0.2, -0.15) is 0 Å². The van der Waals surface area contributed by atoms with Crippen molar-refractivity contribution in [3.63, 3.8) is 0 Å². The molecule has 1 aliphatic rings. The number of nitrogens with one attached hydrogen (secondary N) is 2. The fourth-order valence-corrected chi connectivity index (χ4v) is 4.20. The summed E-state index contributed by atoms with van der Waals surface area (Å²) in [4.78, 5) is 39.3. The van der Waals surface area contributed by atoms with Crippen LogP contribution in [0.3, 0.4) is 0 Å². The predicted molar refractivity (Wildman–Crippen MR) is 139 cm³/mol. The molecule has 3 amide bonds. The smallest absolute Gasteiger partial charge is 0.283 e. The largest absolute Gasteiger partial charge is 0.497 e. The van der Waals surface area contributed by atoms with Gasteiger partial charge in [0.15, 0.2) is 0 Å². The standard InChI is InChI=1S/C25H18Cl3N3O5/c1-35-18-7-8-20(36-2)19(12-18)30-23(32)13-3-5-16(6-4-13)29-22-21(28)24(33)31(25(22)34)17-10-14(26)9-15(27)11-17/h3-12,29H,1-2H3,(H,30,32). The molecule has 2 N–H and O–H groups in total. The van der Waals surface area contributed by atoms with E-state index in [0.29, 0.717) is 28.4 Å². The molecule has 184 valence electrons. The van der Waals surface area contributed by atoms with E-state index in [1.807, 2.05) is 0 Å². The van der Waals surface area contributed by atoms with E-state index in [-0.39, 0.29) is 32.4 Å². The second-order valence-corrected chi connectivity index (χ2v) is 8.74. The summed E-state index contributed by atoms with van der Waals surface area (Å²) < 4.78 is 10.5. The van der Waals surface area contributed by atoms with Crippen molar-refractivity contribution >= 4 is 69.6 Å². The summed E-state index contributed by atoms with van der Waals surface area (Å²) >= 11 is 18.2. The summed E-state index contributed by atoms with van der Waals surface area (Å²) in [5, 5.41) is 5.86. The number of methoxy groups -OCH3 is 2. The third kappa shape index (κ3) is 5.11. The molecule has 0 saturated heterocycles. The molecule has 0 spiro atoms. The Hall–Kier alpha value is -3.72. The first-order valence-electron chi connectivity index (χ1n) is 10.4. The maximum absolute atomic E-state index is 13.0. The van der Waals surface area contributed by atoms with Crippen LogP contribution in [0.1, 0.15) is 10.4 Å². The summed E-state index contributed by atoms with van der Waals surface area (Å²) in [7, 11) is 3.02. The molecule has 0 fully saturated rings. The van der Waals surface area contributed by atoms with Gasteiger partial charge < -0.3 is 20.1 Å². The van der Waals surface area contributed by atoms with Crippen molar-refractivity contribution in [2.45, 2.75) is 0 Å². The Morgan fingerprint density at radius 3 is 2.11 bits per heavy atom. The predicted octanol–water partition coefficient (Wildman–Crippen LogP) is 5.70. The normalized spacial score (nSPS) is 13.2. The first-order chi connectivity index (χ1) is 17.2. The number of ether oxygens (including phenoxy) is 2. The lowest BCUT2D eigenvalue weighted by molar-refractivity contribution is -0.120. The first-order valence-corrected chi connectivity index (χ1v) is 11.5. The third-order valence-electron chi connectivity index (χ3n) is 5.20. The zero-order chi connectivity index (χ0) is 26.0. The quantitative estimate of drug-likeness (QED) is 0.369. The average Bonchev–Trinajstić information content (AvgIpc) is 3.06. The average molecular weight is 547 g/mol. The van der Waals surface area contributed by atoms with E-state index in [4.69, 9.17) is 44.3 Å². The third-order valence-corrected chi connectivity index (χ3v) is 5.99. The van der Waals surface area contributed by atoms with Crippen molar-refractivity contribution in [1.82, 2.24) is 0 Å². The highest BCUT2D eigenvalue weighted by molar-refractivity contribution is 6.53. The number of rotatable bonds is 7. The van der Waals surface area contributed by atoms with Gasteiger partial charge in [0.05, 0.1) is 25.6 Å². The second-order valence-electron chi connectivity index (χ2n) is 7.49. The molecular formula is C25H18Cl3N3O5. The molecule has 36 heavy (non-hydrogen) atoms. The minimum atomic E-state index is -0.717. The fraction of sp³-hybridized carbons (Fsp3) is 0.0800. The van der Waals surface area contributed by atoms with Gasteiger partial charge in [-0.15, -0.1) is 0 Å². The number of hydrogen-bond donors (Lipinski definition) is 2. The molecule has 0 atom stereocenters. The topological polar surface area (TPSA) is 97.0 Å². The van der Waals surface area contributed by atoms with Gasteiger partial charge >= 0.3 is 0 Å². The Balaban J connectivity index is 1.50. The van der Waals surface area contributed by atoms with Crippen LogP contribution in [0.25, 0.3) is 0 Å². The zero-order valence-electron chi connectivity index (χ0n) is 18.9. The SMILES string of the molecule is COc1ccc(OC)c(NC(=O)c2ccc(NC3=C(Cl)C(=O)N(c4cc(Cl)cc(Cl)c4)C3=O)cc2)c1. The number of anilines is 3. The minimum absolute atomic E-state index is 0.115. The van der Waals surface area contributed by atoms with Crippen LogP contribution in [0.15, 0.2) is 71.4 Å². The molecule has 8 nitrogen and oxygen atoms in total. The number of benzene rings is 3. The van der Waals surface area contributed by atoms with Crippen LogP contribution in [0, 0.1) is 0 Å². The van der Waals surface area contributed by atoms with Crippen LogP contribution < -0.4 is 25.0 Å². The Morgan fingerprint density at radius 2 is 1.50 bits per heavy atom. The lowest BCUT2D eigenvalue weighted by Gasteiger charge is -2.16. The molecule has 0 saturated carbocycles. The Morgan fingerprint density at radius 1 is 0.833 bits per heavy atom. The van der Waals surface area contributed by atoms with Crippen molar-refractivity contribution in [3.05, 3.63) is 87.0 Å². The maximum atomic E-state index is 13.0. The van der Waals surface area contributed by atoms with Crippen molar-refractivity contribution in [2.75, 3.05) is 29.8 Å². The molecule has 0 radical (unpaired) electrons. The lowest BCUT2D eigenvalue weighted by Crippen LogP contribution is -2.32.